The average molecular weight is 411 g/mol. The van der Waals surface area contributed by atoms with Crippen LogP contribution in [0.25, 0.3) is 0 Å². The molecule has 0 spiro atoms. The topological polar surface area (TPSA) is 67.1 Å². The van der Waals surface area contributed by atoms with Crippen molar-refractivity contribution in [3.05, 3.63) is 64.7 Å². The van der Waals surface area contributed by atoms with Gasteiger partial charge in [0.15, 0.2) is 0 Å². The molecule has 2 amide bonds. The van der Waals surface area contributed by atoms with Crippen LogP contribution in [0.5, 0.6) is 0 Å². The van der Waals surface area contributed by atoms with Gasteiger partial charge >= 0.3 is 11.8 Å². The number of amides is 2. The van der Waals surface area contributed by atoms with Crippen molar-refractivity contribution in [1.29, 1.82) is 0 Å². The SMILES string of the molecule is Cc1ccc([C@H](CNC(=O)C(=O)Nc2ccc(C)cc2C)[NH+]2CC[NH+](C)CC2)cc1. The molecule has 1 heterocycles. The molecule has 1 aliphatic heterocycles. The molecule has 160 valence electrons. The number of hydrogen-bond donors (Lipinski definition) is 4. The molecule has 4 N–H and O–H groups in total. The summed E-state index contributed by atoms with van der Waals surface area (Å²) in [6.45, 7) is 10.8. The normalized spacial score (nSPS) is 19.7. The summed E-state index contributed by atoms with van der Waals surface area (Å²) in [4.78, 5) is 27.9. The Morgan fingerprint density at radius 1 is 0.900 bits per heavy atom. The molecular weight excluding hydrogens is 376 g/mol. The fourth-order valence-corrected chi connectivity index (χ4v) is 4.05. The van der Waals surface area contributed by atoms with Crippen LogP contribution in [0, 0.1) is 20.8 Å². The molecule has 2 aromatic rings. The highest BCUT2D eigenvalue weighted by molar-refractivity contribution is 6.39. The van der Waals surface area contributed by atoms with Crippen molar-refractivity contribution < 1.29 is 19.4 Å². The third-order valence-corrected chi connectivity index (χ3v) is 6.02. The number of piperazine rings is 1. The Kier molecular flexibility index (Phi) is 7.24. The van der Waals surface area contributed by atoms with Crippen LogP contribution in [0.15, 0.2) is 42.5 Å². The summed E-state index contributed by atoms with van der Waals surface area (Å²) in [6.07, 6.45) is 0. The van der Waals surface area contributed by atoms with E-state index in [4.69, 9.17) is 0 Å². The number of anilines is 1. The second-order valence-electron chi connectivity index (χ2n) is 8.56. The first-order chi connectivity index (χ1) is 14.3. The van der Waals surface area contributed by atoms with Gasteiger partial charge in [0, 0.05) is 11.3 Å². The molecule has 1 aliphatic rings. The highest BCUT2D eigenvalue weighted by Crippen LogP contribution is 2.16. The van der Waals surface area contributed by atoms with Gasteiger partial charge in [-0.25, -0.2) is 0 Å². The summed E-state index contributed by atoms with van der Waals surface area (Å²) in [5, 5.41) is 5.61. The molecular formula is C24H34N4O2+2. The van der Waals surface area contributed by atoms with Crippen molar-refractivity contribution >= 4 is 17.5 Å². The van der Waals surface area contributed by atoms with Crippen LogP contribution in [0.2, 0.25) is 0 Å². The molecule has 1 saturated heterocycles. The molecule has 6 nitrogen and oxygen atoms in total. The van der Waals surface area contributed by atoms with Gasteiger partial charge in [-0.1, -0.05) is 47.5 Å². The lowest BCUT2D eigenvalue weighted by Crippen LogP contribution is -3.27. The maximum Gasteiger partial charge on any atom is 0.313 e. The summed E-state index contributed by atoms with van der Waals surface area (Å²) in [5.74, 6) is -1.21. The molecule has 2 aromatic carbocycles. The van der Waals surface area contributed by atoms with Crippen molar-refractivity contribution in [2.45, 2.75) is 26.8 Å². The van der Waals surface area contributed by atoms with E-state index in [1.807, 2.05) is 32.0 Å². The van der Waals surface area contributed by atoms with Crippen molar-refractivity contribution in [3.8, 4) is 0 Å². The Morgan fingerprint density at radius 3 is 2.17 bits per heavy atom. The molecule has 1 fully saturated rings. The van der Waals surface area contributed by atoms with E-state index in [9.17, 15) is 9.59 Å². The Hall–Kier alpha value is -2.70. The lowest BCUT2D eigenvalue weighted by atomic mass is 10.0. The minimum absolute atomic E-state index is 0.136. The minimum atomic E-state index is -0.623. The van der Waals surface area contributed by atoms with Crippen LogP contribution in [-0.4, -0.2) is 51.6 Å². The van der Waals surface area contributed by atoms with Crippen molar-refractivity contribution in [3.63, 3.8) is 0 Å². The zero-order valence-electron chi connectivity index (χ0n) is 18.5. The van der Waals surface area contributed by atoms with Crippen LogP contribution in [0.3, 0.4) is 0 Å². The van der Waals surface area contributed by atoms with Crippen LogP contribution < -0.4 is 20.4 Å². The van der Waals surface area contributed by atoms with Gasteiger partial charge in [0.1, 0.15) is 32.2 Å². The lowest BCUT2D eigenvalue weighted by molar-refractivity contribution is -1.02. The molecule has 1 atom stereocenters. The zero-order valence-corrected chi connectivity index (χ0v) is 18.5. The van der Waals surface area contributed by atoms with Crippen LogP contribution >= 0.6 is 0 Å². The maximum absolute atomic E-state index is 12.5. The molecule has 30 heavy (non-hydrogen) atoms. The zero-order chi connectivity index (χ0) is 21.7. The van der Waals surface area contributed by atoms with E-state index in [-0.39, 0.29) is 6.04 Å². The number of carbonyl (C=O) groups excluding carboxylic acids is 2. The summed E-state index contributed by atoms with van der Waals surface area (Å²) in [7, 11) is 2.22. The number of carbonyl (C=O) groups is 2. The molecule has 6 heteroatoms. The standard InChI is InChI=1S/C24H32N4O2/c1-17-5-8-20(9-6-17)22(28-13-11-27(4)12-14-28)16-25-23(29)24(30)26-21-10-7-18(2)15-19(21)3/h5-10,15,22H,11-14,16H2,1-4H3,(H,25,29)(H,26,30)/p+2/t22-/m0/s1. The van der Waals surface area contributed by atoms with Crippen LogP contribution in [0.1, 0.15) is 28.3 Å². The van der Waals surface area contributed by atoms with Gasteiger partial charge in [-0.15, -0.1) is 0 Å². The maximum atomic E-state index is 12.5. The average Bonchev–Trinajstić information content (AvgIpc) is 2.72. The number of benzene rings is 2. The minimum Gasteiger partial charge on any atom is -0.341 e. The third-order valence-electron chi connectivity index (χ3n) is 6.02. The monoisotopic (exact) mass is 410 g/mol. The van der Waals surface area contributed by atoms with Crippen LogP contribution in [0.4, 0.5) is 5.69 Å². The molecule has 0 bridgehead atoms. The fourth-order valence-electron chi connectivity index (χ4n) is 4.05. The number of hydrogen-bond acceptors (Lipinski definition) is 2. The van der Waals surface area contributed by atoms with Gasteiger partial charge in [0.25, 0.3) is 0 Å². The van der Waals surface area contributed by atoms with E-state index in [2.05, 4.69) is 48.9 Å². The highest BCUT2D eigenvalue weighted by Gasteiger charge is 2.30. The van der Waals surface area contributed by atoms with Gasteiger partial charge in [-0.05, 0) is 32.4 Å². The summed E-state index contributed by atoms with van der Waals surface area (Å²) < 4.78 is 0. The number of rotatable bonds is 5. The third kappa shape index (κ3) is 5.68. The van der Waals surface area contributed by atoms with Crippen LogP contribution in [-0.2, 0) is 9.59 Å². The first-order valence-electron chi connectivity index (χ1n) is 10.7. The van der Waals surface area contributed by atoms with E-state index >= 15 is 0 Å². The second kappa shape index (κ2) is 9.87. The smallest absolute Gasteiger partial charge is 0.313 e. The molecule has 0 unspecified atom stereocenters. The number of likely N-dealkylation sites (N-methyl/N-ethyl adjacent to an activating group) is 1. The molecule has 0 aliphatic carbocycles. The molecule has 0 aromatic heterocycles. The Bertz CT molecular complexity index is 887. The van der Waals surface area contributed by atoms with E-state index < -0.39 is 11.8 Å². The van der Waals surface area contributed by atoms with Crippen molar-refractivity contribution in [1.82, 2.24) is 5.32 Å². The summed E-state index contributed by atoms with van der Waals surface area (Å²) in [6, 6.07) is 14.4. The Morgan fingerprint density at radius 2 is 1.53 bits per heavy atom. The summed E-state index contributed by atoms with van der Waals surface area (Å²) in [5.41, 5.74) is 5.15. The second-order valence-corrected chi connectivity index (χ2v) is 8.56. The van der Waals surface area contributed by atoms with Gasteiger partial charge < -0.3 is 20.4 Å². The quantitative estimate of drug-likeness (QED) is 0.517. The molecule has 0 saturated carbocycles. The molecule has 3 rings (SSSR count). The van der Waals surface area contributed by atoms with E-state index in [1.54, 1.807) is 4.90 Å². The van der Waals surface area contributed by atoms with Gasteiger partial charge in [-0.2, -0.15) is 0 Å². The predicted octanol–water partition coefficient (Wildman–Crippen LogP) is -0.179. The van der Waals surface area contributed by atoms with E-state index in [1.165, 1.54) is 16.0 Å². The van der Waals surface area contributed by atoms with Gasteiger partial charge in [0.2, 0.25) is 0 Å². The first kappa shape index (κ1) is 22.0. The summed E-state index contributed by atoms with van der Waals surface area (Å²) >= 11 is 0. The fraction of sp³-hybridized carbons (Fsp3) is 0.417. The number of aryl methyl sites for hydroxylation is 3. The Labute approximate surface area is 179 Å². The number of quaternary nitrogens is 2. The van der Waals surface area contributed by atoms with E-state index in [0.29, 0.717) is 12.2 Å². The Balaban J connectivity index is 1.65. The highest BCUT2D eigenvalue weighted by atomic mass is 16.2. The van der Waals surface area contributed by atoms with E-state index in [0.717, 1.165) is 37.3 Å². The largest absolute Gasteiger partial charge is 0.341 e. The van der Waals surface area contributed by atoms with Crippen molar-refractivity contribution in [2.75, 3.05) is 45.1 Å². The lowest BCUT2D eigenvalue weighted by Gasteiger charge is -2.33. The van der Waals surface area contributed by atoms with Gasteiger partial charge in [0.05, 0.1) is 13.6 Å². The first-order valence-corrected chi connectivity index (χ1v) is 10.7. The van der Waals surface area contributed by atoms with Gasteiger partial charge in [-0.3, -0.25) is 9.59 Å². The molecule has 0 radical (unpaired) electrons. The predicted molar refractivity (Wildman–Crippen MR) is 119 cm³/mol. The number of nitrogens with one attached hydrogen (secondary N) is 4. The van der Waals surface area contributed by atoms with Crippen molar-refractivity contribution in [2.24, 2.45) is 0 Å².